The molecule has 1 saturated heterocycles. The first-order valence-corrected chi connectivity index (χ1v) is 5.79. The van der Waals surface area contributed by atoms with Gasteiger partial charge in [0.2, 0.25) is 5.96 Å². The largest absolute Gasteiger partial charge is 0.368 e. The van der Waals surface area contributed by atoms with E-state index in [9.17, 15) is 8.42 Å². The molecule has 1 heterocycles. The van der Waals surface area contributed by atoms with Gasteiger partial charge in [-0.2, -0.15) is 0 Å². The number of nitrogens with zero attached hydrogens (tertiary/aromatic N) is 2. The van der Waals surface area contributed by atoms with Crippen molar-refractivity contribution in [1.82, 2.24) is 4.90 Å². The molecule has 1 fully saturated rings. The second-order valence-corrected chi connectivity index (χ2v) is 5.37. The minimum absolute atomic E-state index is 0.114. The zero-order chi connectivity index (χ0) is 10.1. The van der Waals surface area contributed by atoms with Gasteiger partial charge < -0.3 is 16.5 Å². The summed E-state index contributed by atoms with van der Waals surface area (Å²) in [6.07, 6.45) is 0. The molecule has 1 aliphatic heterocycles. The fraction of sp³-hybridized carbons (Fsp3) is 0.833. The standard InChI is InChI=1S/C6H14N4O2S/c1-5-4-13(11,12)3-2-10(5)6(7)9-8/h5H,2-4,8H2,1H3,(H2,7,9). The fourth-order valence-corrected chi connectivity index (χ4v) is 2.97. The molecule has 0 aromatic carbocycles. The molecule has 0 radical (unpaired) electrons. The second kappa shape index (κ2) is 3.41. The van der Waals surface area contributed by atoms with Crippen molar-refractivity contribution in [2.24, 2.45) is 16.7 Å². The lowest BCUT2D eigenvalue weighted by atomic mass is 10.3. The summed E-state index contributed by atoms with van der Waals surface area (Å²) in [4.78, 5) is 1.70. The molecule has 4 N–H and O–H groups in total. The Bertz CT molecular complexity index is 311. The second-order valence-electron chi connectivity index (χ2n) is 3.14. The Labute approximate surface area is 77.5 Å². The SMILES string of the molecule is CC1CS(=O)(=O)CCN1/C(N)=N/N. The Kier molecular flexibility index (Phi) is 2.65. The van der Waals surface area contributed by atoms with E-state index >= 15 is 0 Å². The van der Waals surface area contributed by atoms with Crippen LogP contribution in [0.1, 0.15) is 6.92 Å². The van der Waals surface area contributed by atoms with Gasteiger partial charge in [-0.05, 0) is 6.92 Å². The first-order chi connectivity index (χ1) is 5.96. The first-order valence-electron chi connectivity index (χ1n) is 3.96. The Morgan fingerprint density at radius 1 is 1.62 bits per heavy atom. The number of hydrazone groups is 1. The summed E-state index contributed by atoms with van der Waals surface area (Å²) in [6, 6.07) is -0.147. The van der Waals surface area contributed by atoms with Gasteiger partial charge in [0.1, 0.15) is 0 Å². The first kappa shape index (κ1) is 10.1. The zero-order valence-corrected chi connectivity index (χ0v) is 8.29. The quantitative estimate of drug-likeness (QED) is 0.213. The number of guanidine groups is 1. The Morgan fingerprint density at radius 2 is 2.23 bits per heavy atom. The maximum absolute atomic E-state index is 11.2. The average molecular weight is 206 g/mol. The summed E-state index contributed by atoms with van der Waals surface area (Å²) in [5.74, 6) is 5.43. The summed E-state index contributed by atoms with van der Waals surface area (Å²) in [5.41, 5.74) is 5.48. The van der Waals surface area contributed by atoms with Gasteiger partial charge in [-0.1, -0.05) is 0 Å². The number of hydrogen-bond acceptors (Lipinski definition) is 4. The minimum Gasteiger partial charge on any atom is -0.368 e. The van der Waals surface area contributed by atoms with Crippen LogP contribution in [0.25, 0.3) is 0 Å². The molecular formula is C6H14N4O2S. The molecule has 1 aliphatic rings. The highest BCUT2D eigenvalue weighted by Gasteiger charge is 2.28. The van der Waals surface area contributed by atoms with E-state index in [1.165, 1.54) is 0 Å². The summed E-state index contributed by atoms with van der Waals surface area (Å²) in [5, 5.41) is 3.34. The molecule has 1 atom stereocenters. The molecule has 0 bridgehead atoms. The molecule has 1 rings (SSSR count). The van der Waals surface area contributed by atoms with E-state index in [1.54, 1.807) is 11.8 Å². The van der Waals surface area contributed by atoms with Crippen LogP contribution in [-0.2, 0) is 9.84 Å². The van der Waals surface area contributed by atoms with Crippen molar-refractivity contribution in [3.63, 3.8) is 0 Å². The zero-order valence-electron chi connectivity index (χ0n) is 7.47. The molecule has 0 spiro atoms. The maximum atomic E-state index is 11.2. The van der Waals surface area contributed by atoms with Gasteiger partial charge in [0.05, 0.1) is 11.5 Å². The van der Waals surface area contributed by atoms with Crippen molar-refractivity contribution in [3.8, 4) is 0 Å². The Hall–Kier alpha value is -0.980. The van der Waals surface area contributed by atoms with Crippen LogP contribution in [0.2, 0.25) is 0 Å². The lowest BCUT2D eigenvalue weighted by Gasteiger charge is -2.33. The van der Waals surface area contributed by atoms with Crippen molar-refractivity contribution in [2.45, 2.75) is 13.0 Å². The molecule has 0 aromatic heterocycles. The normalized spacial score (nSPS) is 28.8. The molecule has 1 unspecified atom stereocenters. The molecular weight excluding hydrogens is 192 g/mol. The lowest BCUT2D eigenvalue weighted by molar-refractivity contribution is 0.348. The summed E-state index contributed by atoms with van der Waals surface area (Å²) in [7, 11) is -2.90. The van der Waals surface area contributed by atoms with Crippen LogP contribution in [0.15, 0.2) is 5.10 Å². The van der Waals surface area contributed by atoms with Gasteiger partial charge in [0.15, 0.2) is 9.84 Å². The number of rotatable bonds is 0. The van der Waals surface area contributed by atoms with Crippen molar-refractivity contribution >= 4 is 15.8 Å². The molecule has 0 amide bonds. The number of hydrogen-bond donors (Lipinski definition) is 2. The molecule has 0 aliphatic carbocycles. The van der Waals surface area contributed by atoms with E-state index in [4.69, 9.17) is 11.6 Å². The third-order valence-electron chi connectivity index (χ3n) is 2.10. The molecule has 0 saturated carbocycles. The highest BCUT2D eigenvalue weighted by molar-refractivity contribution is 7.91. The Morgan fingerprint density at radius 3 is 2.69 bits per heavy atom. The van der Waals surface area contributed by atoms with E-state index in [0.717, 1.165) is 0 Å². The predicted molar refractivity (Wildman–Crippen MR) is 50.6 cm³/mol. The van der Waals surface area contributed by atoms with E-state index in [0.29, 0.717) is 6.54 Å². The lowest BCUT2D eigenvalue weighted by Crippen LogP contribution is -2.52. The van der Waals surface area contributed by atoms with Crippen LogP contribution in [0.5, 0.6) is 0 Å². The van der Waals surface area contributed by atoms with Gasteiger partial charge in [-0.15, -0.1) is 5.10 Å². The van der Waals surface area contributed by atoms with Crippen LogP contribution in [-0.4, -0.2) is 43.4 Å². The molecule has 76 valence electrons. The predicted octanol–water partition coefficient (Wildman–Crippen LogP) is -1.71. The van der Waals surface area contributed by atoms with Crippen molar-refractivity contribution < 1.29 is 8.42 Å². The van der Waals surface area contributed by atoms with Gasteiger partial charge >= 0.3 is 0 Å². The van der Waals surface area contributed by atoms with Gasteiger partial charge in [-0.25, -0.2) is 8.42 Å². The average Bonchev–Trinajstić information content (AvgIpc) is 2.01. The van der Waals surface area contributed by atoms with Crippen molar-refractivity contribution in [3.05, 3.63) is 0 Å². The maximum Gasteiger partial charge on any atom is 0.213 e. The minimum atomic E-state index is -2.90. The van der Waals surface area contributed by atoms with E-state index in [-0.39, 0.29) is 23.5 Å². The number of sulfone groups is 1. The highest BCUT2D eigenvalue weighted by atomic mass is 32.2. The van der Waals surface area contributed by atoms with E-state index < -0.39 is 9.84 Å². The van der Waals surface area contributed by atoms with Crippen LogP contribution < -0.4 is 11.6 Å². The van der Waals surface area contributed by atoms with E-state index in [2.05, 4.69) is 5.10 Å². The molecule has 6 nitrogen and oxygen atoms in total. The topological polar surface area (TPSA) is 102 Å². The van der Waals surface area contributed by atoms with E-state index in [1.807, 2.05) is 0 Å². The van der Waals surface area contributed by atoms with Crippen LogP contribution in [0, 0.1) is 0 Å². The third-order valence-corrected chi connectivity index (χ3v) is 3.89. The summed E-state index contributed by atoms with van der Waals surface area (Å²) in [6.45, 7) is 2.16. The van der Waals surface area contributed by atoms with Gasteiger partial charge in [0, 0.05) is 12.6 Å². The monoisotopic (exact) mass is 206 g/mol. The number of nitrogens with two attached hydrogens (primary N) is 2. The summed E-state index contributed by atoms with van der Waals surface area (Å²) >= 11 is 0. The highest BCUT2D eigenvalue weighted by Crippen LogP contribution is 2.10. The van der Waals surface area contributed by atoms with Crippen molar-refractivity contribution in [1.29, 1.82) is 0 Å². The molecule has 0 aromatic rings. The molecule has 7 heteroatoms. The molecule has 13 heavy (non-hydrogen) atoms. The Balaban J connectivity index is 2.75. The third kappa shape index (κ3) is 2.24. The van der Waals surface area contributed by atoms with Crippen molar-refractivity contribution in [2.75, 3.05) is 18.1 Å². The van der Waals surface area contributed by atoms with Crippen LogP contribution >= 0.6 is 0 Å². The van der Waals surface area contributed by atoms with Gasteiger partial charge in [-0.3, -0.25) is 0 Å². The van der Waals surface area contributed by atoms with Crippen LogP contribution in [0.4, 0.5) is 0 Å². The van der Waals surface area contributed by atoms with Gasteiger partial charge in [0.25, 0.3) is 0 Å². The fourth-order valence-electron chi connectivity index (χ4n) is 1.41. The summed E-state index contributed by atoms with van der Waals surface area (Å²) < 4.78 is 22.4. The smallest absolute Gasteiger partial charge is 0.213 e. The van der Waals surface area contributed by atoms with Crippen LogP contribution in [0.3, 0.4) is 0 Å².